The number of rotatable bonds is 1. The van der Waals surface area contributed by atoms with Crippen LogP contribution in [-0.4, -0.2) is 5.11 Å². The highest BCUT2D eigenvalue weighted by Gasteiger charge is 2.31. The summed E-state index contributed by atoms with van der Waals surface area (Å²) in [4.78, 5) is 0. The molecular formula is C8H5BrClF3O. The molecule has 6 heteroatoms. The largest absolute Gasteiger partial charge is 0.416 e. The van der Waals surface area contributed by atoms with E-state index in [2.05, 4.69) is 15.9 Å². The molecule has 0 aliphatic rings. The fourth-order valence-corrected chi connectivity index (χ4v) is 1.90. The minimum absolute atomic E-state index is 0.103. The smallest absolute Gasteiger partial charge is 0.392 e. The molecule has 0 bridgehead atoms. The van der Waals surface area contributed by atoms with Gasteiger partial charge in [0.05, 0.1) is 12.2 Å². The molecule has 0 fully saturated rings. The Morgan fingerprint density at radius 3 is 2.29 bits per heavy atom. The lowest BCUT2D eigenvalue weighted by molar-refractivity contribution is -0.137. The standard InChI is InChI=1S/C8H5BrClF3O/c9-6-1-4(8(11,12)13)2-7(10)5(6)3-14/h1-2,14H,3H2. The van der Waals surface area contributed by atoms with Gasteiger partial charge in [0, 0.05) is 15.1 Å². The maximum Gasteiger partial charge on any atom is 0.416 e. The Morgan fingerprint density at radius 1 is 1.36 bits per heavy atom. The van der Waals surface area contributed by atoms with E-state index in [1.54, 1.807) is 0 Å². The normalized spacial score (nSPS) is 11.9. The van der Waals surface area contributed by atoms with Crippen LogP contribution in [0.15, 0.2) is 16.6 Å². The molecule has 0 atom stereocenters. The Bertz CT molecular complexity index is 328. The number of aliphatic hydroxyl groups excluding tert-OH is 1. The van der Waals surface area contributed by atoms with E-state index in [0.717, 1.165) is 12.1 Å². The van der Waals surface area contributed by atoms with Gasteiger partial charge in [-0.3, -0.25) is 0 Å². The molecular weight excluding hydrogens is 284 g/mol. The van der Waals surface area contributed by atoms with Crippen LogP contribution in [0.3, 0.4) is 0 Å². The van der Waals surface area contributed by atoms with Crippen molar-refractivity contribution in [2.45, 2.75) is 12.8 Å². The molecule has 1 aromatic carbocycles. The number of hydrogen-bond donors (Lipinski definition) is 1. The third kappa shape index (κ3) is 2.40. The fourth-order valence-electron chi connectivity index (χ4n) is 0.918. The molecule has 1 rings (SSSR count). The van der Waals surface area contributed by atoms with E-state index < -0.39 is 18.3 Å². The summed E-state index contributed by atoms with van der Waals surface area (Å²) in [6.45, 7) is -0.405. The van der Waals surface area contributed by atoms with Crippen LogP contribution in [0, 0.1) is 0 Å². The van der Waals surface area contributed by atoms with Crippen LogP contribution >= 0.6 is 27.5 Å². The van der Waals surface area contributed by atoms with Crippen LogP contribution in [0.1, 0.15) is 11.1 Å². The number of benzene rings is 1. The first-order valence-corrected chi connectivity index (χ1v) is 4.69. The van der Waals surface area contributed by atoms with Gasteiger partial charge in [-0.15, -0.1) is 0 Å². The van der Waals surface area contributed by atoms with E-state index in [9.17, 15) is 13.2 Å². The van der Waals surface area contributed by atoms with Crippen LogP contribution < -0.4 is 0 Å². The van der Waals surface area contributed by atoms with Gasteiger partial charge in [0.25, 0.3) is 0 Å². The second kappa shape index (κ2) is 4.08. The van der Waals surface area contributed by atoms with E-state index >= 15 is 0 Å². The number of hydrogen-bond acceptors (Lipinski definition) is 1. The molecule has 14 heavy (non-hydrogen) atoms. The molecule has 0 saturated carbocycles. The average molecular weight is 289 g/mol. The van der Waals surface area contributed by atoms with Crippen molar-refractivity contribution in [2.24, 2.45) is 0 Å². The number of aliphatic hydroxyl groups is 1. The van der Waals surface area contributed by atoms with Crippen molar-refractivity contribution < 1.29 is 18.3 Å². The van der Waals surface area contributed by atoms with E-state index in [-0.39, 0.29) is 15.1 Å². The van der Waals surface area contributed by atoms with Crippen molar-refractivity contribution in [1.82, 2.24) is 0 Å². The summed E-state index contributed by atoms with van der Waals surface area (Å²) in [5.41, 5.74) is -0.591. The first kappa shape index (κ1) is 11.8. The molecule has 1 N–H and O–H groups in total. The van der Waals surface area contributed by atoms with Gasteiger partial charge in [-0.2, -0.15) is 13.2 Å². The zero-order valence-corrected chi connectivity index (χ0v) is 9.04. The monoisotopic (exact) mass is 288 g/mol. The molecule has 0 spiro atoms. The van der Waals surface area contributed by atoms with Crippen LogP contribution in [0.25, 0.3) is 0 Å². The molecule has 0 saturated heterocycles. The molecule has 0 unspecified atom stereocenters. The highest BCUT2D eigenvalue weighted by atomic mass is 79.9. The Hall–Kier alpha value is -0.260. The van der Waals surface area contributed by atoms with Crippen molar-refractivity contribution >= 4 is 27.5 Å². The van der Waals surface area contributed by atoms with Crippen molar-refractivity contribution in [2.75, 3.05) is 0 Å². The zero-order valence-electron chi connectivity index (χ0n) is 6.70. The summed E-state index contributed by atoms with van der Waals surface area (Å²) in [5.74, 6) is 0. The predicted octanol–water partition coefficient (Wildman–Crippen LogP) is 3.61. The Morgan fingerprint density at radius 2 is 1.93 bits per heavy atom. The summed E-state index contributed by atoms with van der Waals surface area (Å²) in [7, 11) is 0. The summed E-state index contributed by atoms with van der Waals surface area (Å²) < 4.78 is 36.9. The second-order valence-electron chi connectivity index (χ2n) is 2.57. The molecule has 1 aromatic rings. The van der Waals surface area contributed by atoms with Crippen molar-refractivity contribution in [3.8, 4) is 0 Å². The Kier molecular flexibility index (Phi) is 3.44. The van der Waals surface area contributed by atoms with Crippen LogP contribution in [-0.2, 0) is 12.8 Å². The van der Waals surface area contributed by atoms with Gasteiger partial charge in [-0.1, -0.05) is 27.5 Å². The predicted molar refractivity (Wildman–Crippen MR) is 50.1 cm³/mol. The summed E-state index contributed by atoms with van der Waals surface area (Å²) in [5, 5.41) is 8.69. The average Bonchev–Trinajstić information content (AvgIpc) is 2.01. The highest BCUT2D eigenvalue weighted by Crippen LogP contribution is 2.35. The molecule has 78 valence electrons. The molecule has 1 nitrogen and oxygen atoms in total. The number of halogens is 5. The molecule has 0 aliphatic carbocycles. The first-order valence-electron chi connectivity index (χ1n) is 3.52. The molecule has 0 aromatic heterocycles. The van der Waals surface area contributed by atoms with Gasteiger partial charge in [-0.25, -0.2) is 0 Å². The minimum atomic E-state index is -4.43. The maximum absolute atomic E-state index is 12.2. The lowest BCUT2D eigenvalue weighted by atomic mass is 10.1. The SMILES string of the molecule is OCc1c(Cl)cc(C(F)(F)F)cc1Br. The topological polar surface area (TPSA) is 20.2 Å². The van der Waals surface area contributed by atoms with E-state index in [1.807, 2.05) is 0 Å². The molecule has 0 heterocycles. The Labute approximate surface area is 91.6 Å². The van der Waals surface area contributed by atoms with Gasteiger partial charge in [0.15, 0.2) is 0 Å². The fraction of sp³-hybridized carbons (Fsp3) is 0.250. The van der Waals surface area contributed by atoms with Crippen molar-refractivity contribution in [3.63, 3.8) is 0 Å². The van der Waals surface area contributed by atoms with Gasteiger partial charge in [0.2, 0.25) is 0 Å². The first-order chi connectivity index (χ1) is 6.36. The molecule has 0 aliphatic heterocycles. The quantitative estimate of drug-likeness (QED) is 0.837. The van der Waals surface area contributed by atoms with Crippen LogP contribution in [0.5, 0.6) is 0 Å². The molecule has 0 radical (unpaired) electrons. The minimum Gasteiger partial charge on any atom is -0.392 e. The van der Waals surface area contributed by atoms with Crippen LogP contribution in [0.4, 0.5) is 13.2 Å². The van der Waals surface area contributed by atoms with Gasteiger partial charge in [0.1, 0.15) is 0 Å². The third-order valence-electron chi connectivity index (χ3n) is 1.63. The highest BCUT2D eigenvalue weighted by molar-refractivity contribution is 9.10. The van der Waals surface area contributed by atoms with Gasteiger partial charge < -0.3 is 5.11 Å². The summed E-state index contributed by atoms with van der Waals surface area (Å²) >= 11 is 8.46. The Balaban J connectivity index is 3.28. The third-order valence-corrected chi connectivity index (χ3v) is 2.67. The van der Waals surface area contributed by atoms with Gasteiger partial charge in [-0.05, 0) is 12.1 Å². The zero-order chi connectivity index (χ0) is 10.9. The lowest BCUT2D eigenvalue weighted by Crippen LogP contribution is -2.05. The summed E-state index contributed by atoms with van der Waals surface area (Å²) in [6.07, 6.45) is -4.43. The van der Waals surface area contributed by atoms with E-state index in [4.69, 9.17) is 16.7 Å². The van der Waals surface area contributed by atoms with Crippen molar-refractivity contribution in [1.29, 1.82) is 0 Å². The lowest BCUT2D eigenvalue weighted by Gasteiger charge is -2.10. The van der Waals surface area contributed by atoms with E-state index in [1.165, 1.54) is 0 Å². The second-order valence-corrected chi connectivity index (χ2v) is 3.84. The van der Waals surface area contributed by atoms with Crippen molar-refractivity contribution in [3.05, 3.63) is 32.8 Å². The maximum atomic E-state index is 12.2. The van der Waals surface area contributed by atoms with E-state index in [0.29, 0.717) is 0 Å². The van der Waals surface area contributed by atoms with Gasteiger partial charge >= 0.3 is 6.18 Å². The summed E-state index contributed by atoms with van der Waals surface area (Å²) in [6, 6.07) is 1.68. The van der Waals surface area contributed by atoms with Crippen LogP contribution in [0.2, 0.25) is 5.02 Å². The number of alkyl halides is 3. The molecule has 0 amide bonds.